The molecule has 3 heterocycles. The second-order valence-corrected chi connectivity index (χ2v) is 9.15. The summed E-state index contributed by atoms with van der Waals surface area (Å²) in [7, 11) is 0. The van der Waals surface area contributed by atoms with Crippen LogP contribution in [0.15, 0.2) is 23.0 Å². The first-order valence-corrected chi connectivity index (χ1v) is 10.5. The van der Waals surface area contributed by atoms with Gasteiger partial charge in [0.05, 0.1) is 23.4 Å². The minimum atomic E-state index is -0.213. The van der Waals surface area contributed by atoms with Crippen molar-refractivity contribution in [2.45, 2.75) is 51.7 Å². The molecule has 1 aliphatic heterocycles. The lowest BCUT2D eigenvalue weighted by atomic mass is 9.74. The van der Waals surface area contributed by atoms with Crippen molar-refractivity contribution in [2.24, 2.45) is 5.41 Å². The van der Waals surface area contributed by atoms with E-state index in [1.165, 1.54) is 11.3 Å². The standard InChI is InChI=1S/C20H26N4O2S/c1-20(2)9-16(22-18(26)13-5-8-27-12-13)15-11-21-19(23-17(15)10-20)24-6-3-14(25)4-7-24/h5,8,11-12,14,16,25H,3-4,6-7,9-10H2,1-2H3,(H,22,26)/t16-/m0/s1. The van der Waals surface area contributed by atoms with Crippen molar-refractivity contribution in [1.29, 1.82) is 0 Å². The monoisotopic (exact) mass is 386 g/mol. The summed E-state index contributed by atoms with van der Waals surface area (Å²) in [5, 5.41) is 16.7. The number of fused-ring (bicyclic) bond motifs is 1. The number of carbonyl (C=O) groups is 1. The Morgan fingerprint density at radius 2 is 2.15 bits per heavy atom. The Balaban J connectivity index is 1.58. The van der Waals surface area contributed by atoms with E-state index in [-0.39, 0.29) is 23.5 Å². The van der Waals surface area contributed by atoms with E-state index < -0.39 is 0 Å². The van der Waals surface area contributed by atoms with E-state index in [0.717, 1.165) is 56.0 Å². The third kappa shape index (κ3) is 3.99. The topological polar surface area (TPSA) is 78.3 Å². The molecule has 0 radical (unpaired) electrons. The normalized spacial score (nSPS) is 22.3. The molecule has 2 aromatic rings. The number of nitrogens with one attached hydrogen (secondary N) is 1. The molecule has 0 bridgehead atoms. The molecule has 1 fully saturated rings. The maximum atomic E-state index is 12.6. The number of aliphatic hydroxyl groups is 1. The van der Waals surface area contributed by atoms with Crippen LogP contribution in [0, 0.1) is 5.41 Å². The molecule has 1 saturated heterocycles. The molecule has 0 unspecified atom stereocenters. The SMILES string of the molecule is CC1(C)Cc2nc(N3CCC(O)CC3)ncc2[C@@H](NC(=O)c2ccsc2)C1. The van der Waals surface area contributed by atoms with E-state index in [0.29, 0.717) is 5.56 Å². The molecule has 4 rings (SSSR count). The Bertz CT molecular complexity index is 813. The van der Waals surface area contributed by atoms with E-state index in [9.17, 15) is 9.90 Å². The molecule has 2 N–H and O–H groups in total. The van der Waals surface area contributed by atoms with Crippen molar-refractivity contribution in [2.75, 3.05) is 18.0 Å². The molecule has 7 heteroatoms. The Morgan fingerprint density at radius 1 is 1.37 bits per heavy atom. The van der Waals surface area contributed by atoms with Crippen LogP contribution in [0.3, 0.4) is 0 Å². The fourth-order valence-electron chi connectivity index (χ4n) is 4.02. The molecule has 0 saturated carbocycles. The Labute approximate surface area is 163 Å². The van der Waals surface area contributed by atoms with Gasteiger partial charge in [-0.1, -0.05) is 13.8 Å². The van der Waals surface area contributed by atoms with Crippen molar-refractivity contribution in [1.82, 2.24) is 15.3 Å². The van der Waals surface area contributed by atoms with Gasteiger partial charge in [-0.15, -0.1) is 0 Å². The van der Waals surface area contributed by atoms with E-state index in [1.807, 2.05) is 23.0 Å². The van der Waals surface area contributed by atoms with Crippen LogP contribution < -0.4 is 10.2 Å². The lowest BCUT2D eigenvalue weighted by molar-refractivity contribution is 0.0919. The Hall–Kier alpha value is -1.99. The van der Waals surface area contributed by atoms with Crippen LogP contribution in [0.4, 0.5) is 5.95 Å². The number of nitrogens with zero attached hydrogens (tertiary/aromatic N) is 3. The van der Waals surface area contributed by atoms with Gasteiger partial charge in [0.15, 0.2) is 0 Å². The summed E-state index contributed by atoms with van der Waals surface area (Å²) in [4.78, 5) is 24.2. The predicted molar refractivity (Wildman–Crippen MR) is 106 cm³/mol. The molecule has 1 atom stereocenters. The van der Waals surface area contributed by atoms with Crippen LogP contribution in [-0.2, 0) is 6.42 Å². The highest BCUT2D eigenvalue weighted by atomic mass is 32.1. The number of amides is 1. The minimum Gasteiger partial charge on any atom is -0.393 e. The number of piperidine rings is 1. The van der Waals surface area contributed by atoms with Gasteiger partial charge in [0.2, 0.25) is 5.95 Å². The summed E-state index contributed by atoms with van der Waals surface area (Å²) in [5.41, 5.74) is 2.81. The summed E-state index contributed by atoms with van der Waals surface area (Å²) in [6.07, 6.45) is 4.93. The Kier molecular flexibility index (Phi) is 4.90. The number of aromatic nitrogens is 2. The van der Waals surface area contributed by atoms with Gasteiger partial charge in [-0.3, -0.25) is 4.79 Å². The molecule has 1 amide bonds. The first kappa shape index (κ1) is 18.4. The van der Waals surface area contributed by atoms with Gasteiger partial charge >= 0.3 is 0 Å². The van der Waals surface area contributed by atoms with Crippen LogP contribution in [0.1, 0.15) is 60.8 Å². The van der Waals surface area contributed by atoms with Crippen molar-refractivity contribution < 1.29 is 9.90 Å². The van der Waals surface area contributed by atoms with Gasteiger partial charge in [0, 0.05) is 30.2 Å². The predicted octanol–water partition coefficient (Wildman–Crippen LogP) is 2.94. The first-order chi connectivity index (χ1) is 12.9. The van der Waals surface area contributed by atoms with Crippen LogP contribution in [0.25, 0.3) is 0 Å². The maximum Gasteiger partial charge on any atom is 0.252 e. The van der Waals surface area contributed by atoms with Crippen molar-refractivity contribution in [3.05, 3.63) is 39.8 Å². The van der Waals surface area contributed by atoms with Crippen LogP contribution in [0.5, 0.6) is 0 Å². The van der Waals surface area contributed by atoms with Crippen LogP contribution in [-0.4, -0.2) is 40.2 Å². The number of hydrogen-bond acceptors (Lipinski definition) is 6. The zero-order valence-electron chi connectivity index (χ0n) is 15.8. The molecule has 0 aromatic carbocycles. The van der Waals surface area contributed by atoms with Crippen LogP contribution in [0.2, 0.25) is 0 Å². The maximum absolute atomic E-state index is 12.6. The summed E-state index contributed by atoms with van der Waals surface area (Å²) >= 11 is 1.52. The first-order valence-electron chi connectivity index (χ1n) is 9.53. The molecule has 6 nitrogen and oxygen atoms in total. The second-order valence-electron chi connectivity index (χ2n) is 8.37. The van der Waals surface area contributed by atoms with Crippen LogP contribution >= 0.6 is 11.3 Å². The number of anilines is 1. The molecular formula is C20H26N4O2S. The summed E-state index contributed by atoms with van der Waals surface area (Å²) in [5.74, 6) is 0.695. The zero-order valence-corrected chi connectivity index (χ0v) is 16.6. The summed E-state index contributed by atoms with van der Waals surface area (Å²) < 4.78 is 0. The third-order valence-electron chi connectivity index (χ3n) is 5.50. The lowest BCUT2D eigenvalue weighted by Gasteiger charge is -2.37. The summed E-state index contributed by atoms with van der Waals surface area (Å²) in [6.45, 7) is 6.00. The fraction of sp³-hybridized carbons (Fsp3) is 0.550. The molecular weight excluding hydrogens is 360 g/mol. The molecule has 0 spiro atoms. The van der Waals surface area contributed by atoms with Gasteiger partial charge in [-0.25, -0.2) is 9.97 Å². The highest BCUT2D eigenvalue weighted by molar-refractivity contribution is 7.08. The van der Waals surface area contributed by atoms with Crippen molar-refractivity contribution >= 4 is 23.2 Å². The fourth-order valence-corrected chi connectivity index (χ4v) is 4.65. The third-order valence-corrected chi connectivity index (χ3v) is 6.18. The number of thiophene rings is 1. The van der Waals surface area contributed by atoms with Gasteiger partial charge in [0.1, 0.15) is 0 Å². The van der Waals surface area contributed by atoms with Crippen molar-refractivity contribution in [3.63, 3.8) is 0 Å². The van der Waals surface area contributed by atoms with Gasteiger partial charge < -0.3 is 15.3 Å². The molecule has 2 aliphatic rings. The zero-order chi connectivity index (χ0) is 19.0. The molecule has 144 valence electrons. The number of hydrogen-bond donors (Lipinski definition) is 2. The van der Waals surface area contributed by atoms with E-state index in [2.05, 4.69) is 29.0 Å². The van der Waals surface area contributed by atoms with E-state index in [4.69, 9.17) is 4.98 Å². The Morgan fingerprint density at radius 3 is 2.85 bits per heavy atom. The largest absolute Gasteiger partial charge is 0.393 e. The van der Waals surface area contributed by atoms with E-state index in [1.54, 1.807) is 0 Å². The van der Waals surface area contributed by atoms with E-state index >= 15 is 0 Å². The molecule has 1 aliphatic carbocycles. The minimum absolute atomic E-state index is 0.0426. The molecule has 2 aromatic heterocycles. The average molecular weight is 387 g/mol. The van der Waals surface area contributed by atoms with Gasteiger partial charge in [-0.2, -0.15) is 11.3 Å². The highest BCUT2D eigenvalue weighted by Gasteiger charge is 2.35. The van der Waals surface area contributed by atoms with Gasteiger partial charge in [-0.05, 0) is 42.5 Å². The second kappa shape index (κ2) is 7.20. The number of aliphatic hydroxyl groups excluding tert-OH is 1. The average Bonchev–Trinajstić information content (AvgIpc) is 3.15. The quantitative estimate of drug-likeness (QED) is 0.848. The smallest absolute Gasteiger partial charge is 0.252 e. The van der Waals surface area contributed by atoms with Gasteiger partial charge in [0.25, 0.3) is 5.91 Å². The molecule has 27 heavy (non-hydrogen) atoms. The number of rotatable bonds is 3. The highest BCUT2D eigenvalue weighted by Crippen LogP contribution is 2.40. The summed E-state index contributed by atoms with van der Waals surface area (Å²) in [6, 6.07) is 1.77. The van der Waals surface area contributed by atoms with Crippen molar-refractivity contribution in [3.8, 4) is 0 Å². The lowest BCUT2D eigenvalue weighted by Crippen LogP contribution is -2.39. The number of carbonyl (C=O) groups excluding carboxylic acids is 1.